The lowest BCUT2D eigenvalue weighted by molar-refractivity contribution is 0.312. The van der Waals surface area contributed by atoms with E-state index in [1.807, 2.05) is 24.3 Å². The fourth-order valence-electron chi connectivity index (χ4n) is 2.00. The number of benzene rings is 2. The van der Waals surface area contributed by atoms with E-state index in [0.717, 1.165) is 10.2 Å². The molecule has 5 heteroatoms. The molecule has 0 saturated carbocycles. The van der Waals surface area contributed by atoms with Gasteiger partial charge in [0, 0.05) is 16.1 Å². The summed E-state index contributed by atoms with van der Waals surface area (Å²) in [5, 5.41) is 10.9. The van der Waals surface area contributed by atoms with E-state index < -0.39 is 11.6 Å². The molecule has 0 radical (unpaired) electrons. The molecule has 1 aromatic heterocycles. The van der Waals surface area contributed by atoms with Crippen molar-refractivity contribution in [1.29, 1.82) is 0 Å². The minimum atomic E-state index is -0.566. The van der Waals surface area contributed by atoms with Crippen molar-refractivity contribution in [2.45, 2.75) is 0 Å². The average Bonchev–Trinajstić information content (AvgIpc) is 2.49. The Hall–Kier alpha value is -2.40. The van der Waals surface area contributed by atoms with Crippen molar-refractivity contribution < 1.29 is 9.52 Å². The smallest absolute Gasteiger partial charge is 0.346 e. The SMILES string of the molecule is O=c1oc(O)c(C=Nc2ccc(Br)cc2)c2ccccc12. The maximum atomic E-state index is 11.7. The summed E-state index contributed by atoms with van der Waals surface area (Å²) < 4.78 is 5.79. The Kier molecular flexibility index (Phi) is 3.58. The summed E-state index contributed by atoms with van der Waals surface area (Å²) in [5.41, 5.74) is 0.546. The lowest BCUT2D eigenvalue weighted by Crippen LogP contribution is -2.01. The van der Waals surface area contributed by atoms with Gasteiger partial charge >= 0.3 is 5.63 Å². The van der Waals surface area contributed by atoms with Crippen LogP contribution in [0.15, 0.2) is 67.2 Å². The first-order valence-electron chi connectivity index (χ1n) is 6.19. The normalized spacial score (nSPS) is 11.3. The average molecular weight is 344 g/mol. The first kappa shape index (κ1) is 13.6. The van der Waals surface area contributed by atoms with Crippen LogP contribution in [0.2, 0.25) is 0 Å². The topological polar surface area (TPSA) is 62.8 Å². The highest BCUT2D eigenvalue weighted by Gasteiger charge is 2.10. The molecule has 3 aromatic rings. The fraction of sp³-hybridized carbons (Fsp3) is 0. The number of fused-ring (bicyclic) bond motifs is 1. The molecular formula is C16H10BrNO3. The fourth-order valence-corrected chi connectivity index (χ4v) is 2.26. The molecule has 3 rings (SSSR count). The zero-order chi connectivity index (χ0) is 14.8. The number of hydrogen-bond donors (Lipinski definition) is 1. The van der Waals surface area contributed by atoms with Crippen molar-refractivity contribution in [1.82, 2.24) is 0 Å². The van der Waals surface area contributed by atoms with E-state index in [-0.39, 0.29) is 0 Å². The van der Waals surface area contributed by atoms with Crippen LogP contribution in [-0.4, -0.2) is 11.3 Å². The molecule has 1 N–H and O–H groups in total. The van der Waals surface area contributed by atoms with Crippen LogP contribution in [0.25, 0.3) is 10.8 Å². The van der Waals surface area contributed by atoms with Crippen LogP contribution < -0.4 is 5.63 Å². The van der Waals surface area contributed by atoms with Gasteiger partial charge in [0.2, 0.25) is 0 Å². The van der Waals surface area contributed by atoms with E-state index in [9.17, 15) is 9.90 Å². The first-order chi connectivity index (χ1) is 10.1. The molecule has 0 aliphatic heterocycles. The molecule has 0 atom stereocenters. The van der Waals surface area contributed by atoms with Gasteiger partial charge in [0.05, 0.1) is 16.6 Å². The van der Waals surface area contributed by atoms with E-state index in [1.165, 1.54) is 6.21 Å². The van der Waals surface area contributed by atoms with Crippen molar-refractivity contribution in [3.05, 3.63) is 69.0 Å². The summed E-state index contributed by atoms with van der Waals surface area (Å²) in [6, 6.07) is 14.3. The zero-order valence-electron chi connectivity index (χ0n) is 10.8. The summed E-state index contributed by atoms with van der Waals surface area (Å²) >= 11 is 3.35. The van der Waals surface area contributed by atoms with E-state index >= 15 is 0 Å². The van der Waals surface area contributed by atoms with Gasteiger partial charge in [0.1, 0.15) is 0 Å². The van der Waals surface area contributed by atoms with Crippen LogP contribution in [-0.2, 0) is 0 Å². The van der Waals surface area contributed by atoms with Gasteiger partial charge in [-0.3, -0.25) is 4.99 Å². The minimum absolute atomic E-state index is 0.383. The molecule has 0 bridgehead atoms. The Morgan fingerprint density at radius 3 is 2.43 bits per heavy atom. The predicted molar refractivity (Wildman–Crippen MR) is 85.5 cm³/mol. The van der Waals surface area contributed by atoms with Gasteiger partial charge in [-0.2, -0.15) is 0 Å². The molecule has 0 aliphatic rings. The predicted octanol–water partition coefficient (Wildman–Crippen LogP) is 4.01. The second-order valence-corrected chi connectivity index (χ2v) is 5.30. The molecule has 4 nitrogen and oxygen atoms in total. The van der Waals surface area contributed by atoms with E-state index in [2.05, 4.69) is 20.9 Å². The molecular weight excluding hydrogens is 334 g/mol. The maximum absolute atomic E-state index is 11.7. The highest BCUT2D eigenvalue weighted by Crippen LogP contribution is 2.24. The van der Waals surface area contributed by atoms with Crippen molar-refractivity contribution >= 4 is 38.6 Å². The third-order valence-corrected chi connectivity index (χ3v) is 3.55. The van der Waals surface area contributed by atoms with Crippen LogP contribution >= 0.6 is 15.9 Å². The third-order valence-electron chi connectivity index (χ3n) is 3.03. The molecule has 0 spiro atoms. The molecule has 0 fully saturated rings. The Morgan fingerprint density at radius 2 is 1.71 bits per heavy atom. The summed E-state index contributed by atoms with van der Waals surface area (Å²) in [5.74, 6) is -0.431. The lowest BCUT2D eigenvalue weighted by atomic mass is 10.1. The molecule has 0 saturated heterocycles. The van der Waals surface area contributed by atoms with Crippen molar-refractivity contribution in [3.63, 3.8) is 0 Å². The Labute approximate surface area is 128 Å². The zero-order valence-corrected chi connectivity index (χ0v) is 12.4. The van der Waals surface area contributed by atoms with E-state index in [1.54, 1.807) is 24.3 Å². The van der Waals surface area contributed by atoms with Crippen LogP contribution in [0, 0.1) is 0 Å². The second-order valence-electron chi connectivity index (χ2n) is 4.39. The van der Waals surface area contributed by atoms with Crippen LogP contribution in [0.5, 0.6) is 5.95 Å². The maximum Gasteiger partial charge on any atom is 0.346 e. The first-order valence-corrected chi connectivity index (χ1v) is 6.99. The Bertz CT molecular complexity index is 882. The van der Waals surface area contributed by atoms with Gasteiger partial charge < -0.3 is 9.52 Å². The lowest BCUT2D eigenvalue weighted by Gasteiger charge is -2.02. The monoisotopic (exact) mass is 343 g/mol. The van der Waals surface area contributed by atoms with Crippen LogP contribution in [0.1, 0.15) is 5.56 Å². The van der Waals surface area contributed by atoms with Gasteiger partial charge in [-0.15, -0.1) is 0 Å². The van der Waals surface area contributed by atoms with Gasteiger partial charge in [0.25, 0.3) is 5.95 Å². The number of nitrogens with zero attached hydrogens (tertiary/aromatic N) is 1. The Balaban J connectivity index is 2.12. The van der Waals surface area contributed by atoms with Crippen molar-refractivity contribution in [2.24, 2.45) is 4.99 Å². The molecule has 2 aromatic carbocycles. The van der Waals surface area contributed by atoms with E-state index in [0.29, 0.717) is 16.3 Å². The number of halogens is 1. The highest BCUT2D eigenvalue weighted by molar-refractivity contribution is 9.10. The minimum Gasteiger partial charge on any atom is -0.480 e. The molecule has 0 aliphatic carbocycles. The van der Waals surface area contributed by atoms with Crippen molar-refractivity contribution in [2.75, 3.05) is 0 Å². The molecule has 0 unspecified atom stereocenters. The van der Waals surface area contributed by atoms with Crippen molar-refractivity contribution in [3.8, 4) is 5.95 Å². The summed E-state index contributed by atoms with van der Waals surface area (Å²) in [6.45, 7) is 0. The Morgan fingerprint density at radius 1 is 1.05 bits per heavy atom. The van der Waals surface area contributed by atoms with Crippen LogP contribution in [0.3, 0.4) is 0 Å². The van der Waals surface area contributed by atoms with Gasteiger partial charge in [-0.1, -0.05) is 34.1 Å². The number of aromatic hydroxyl groups is 1. The third kappa shape index (κ3) is 2.73. The van der Waals surface area contributed by atoms with Gasteiger partial charge in [0.15, 0.2) is 0 Å². The standard InChI is InChI=1S/C16H10BrNO3/c17-10-5-7-11(8-6-10)18-9-14-12-3-1-2-4-13(12)15(19)21-16(14)20/h1-9,20H. The van der Waals surface area contributed by atoms with Gasteiger partial charge in [-0.25, -0.2) is 4.79 Å². The molecule has 21 heavy (non-hydrogen) atoms. The van der Waals surface area contributed by atoms with Gasteiger partial charge in [-0.05, 0) is 30.3 Å². The molecule has 104 valence electrons. The van der Waals surface area contributed by atoms with Crippen LogP contribution in [0.4, 0.5) is 5.69 Å². The van der Waals surface area contributed by atoms with E-state index in [4.69, 9.17) is 4.42 Å². The second kappa shape index (κ2) is 5.54. The number of aliphatic imine (C=N–C) groups is 1. The highest BCUT2D eigenvalue weighted by atomic mass is 79.9. The summed E-state index contributed by atoms with van der Waals surface area (Å²) in [7, 11) is 0. The number of rotatable bonds is 2. The molecule has 0 amide bonds. The quantitative estimate of drug-likeness (QED) is 0.715. The number of hydrogen-bond acceptors (Lipinski definition) is 4. The molecule has 1 heterocycles. The largest absolute Gasteiger partial charge is 0.480 e. The summed E-state index contributed by atoms with van der Waals surface area (Å²) in [4.78, 5) is 16.0. The summed E-state index contributed by atoms with van der Waals surface area (Å²) in [6.07, 6.45) is 1.49.